The molecule has 28 heavy (non-hydrogen) atoms. The molecule has 1 aliphatic heterocycles. The molecular formula is C21H26N6O. The minimum Gasteiger partial charge on any atom is -0.342 e. The van der Waals surface area contributed by atoms with Crippen molar-refractivity contribution in [1.82, 2.24) is 24.6 Å². The predicted octanol–water partition coefficient (Wildman–Crippen LogP) is 2.53. The van der Waals surface area contributed by atoms with Crippen molar-refractivity contribution in [2.24, 2.45) is 7.05 Å². The summed E-state index contributed by atoms with van der Waals surface area (Å²) in [5.74, 6) is 1.62. The van der Waals surface area contributed by atoms with Crippen molar-refractivity contribution in [2.45, 2.75) is 40.3 Å². The van der Waals surface area contributed by atoms with Crippen molar-refractivity contribution < 1.29 is 4.79 Å². The predicted molar refractivity (Wildman–Crippen MR) is 109 cm³/mol. The highest BCUT2D eigenvalue weighted by Gasteiger charge is 2.34. The van der Waals surface area contributed by atoms with Gasteiger partial charge >= 0.3 is 0 Å². The van der Waals surface area contributed by atoms with E-state index in [1.165, 1.54) is 5.56 Å². The van der Waals surface area contributed by atoms with Gasteiger partial charge in [-0.25, -0.2) is 9.97 Å². The standard InChI is InChI=1S/C21H26N6O/c1-13-6-8-17(9-7-13)12-26-10-11-27(15(3)21(26)28)20-18-14(2)24-25(5)19(18)22-16(4)23-20/h6-9,15H,10-12H2,1-5H3/t15-/m1/s1. The molecule has 1 amide bonds. The van der Waals surface area contributed by atoms with Crippen molar-refractivity contribution in [3.8, 4) is 0 Å². The average Bonchev–Trinajstić information content (AvgIpc) is 2.94. The Morgan fingerprint density at radius 2 is 1.79 bits per heavy atom. The van der Waals surface area contributed by atoms with Crippen LogP contribution in [0.15, 0.2) is 24.3 Å². The van der Waals surface area contributed by atoms with Crippen LogP contribution >= 0.6 is 0 Å². The number of fused-ring (bicyclic) bond motifs is 1. The van der Waals surface area contributed by atoms with Gasteiger partial charge in [0, 0.05) is 26.7 Å². The number of hydrogen-bond donors (Lipinski definition) is 0. The van der Waals surface area contributed by atoms with Gasteiger partial charge in [-0.1, -0.05) is 29.8 Å². The second kappa shape index (κ2) is 6.89. The summed E-state index contributed by atoms with van der Waals surface area (Å²) >= 11 is 0. The van der Waals surface area contributed by atoms with Crippen LogP contribution in [-0.4, -0.2) is 49.7 Å². The van der Waals surface area contributed by atoms with Crippen LogP contribution in [0.25, 0.3) is 11.0 Å². The molecule has 146 valence electrons. The maximum atomic E-state index is 13.1. The molecular weight excluding hydrogens is 352 g/mol. The van der Waals surface area contributed by atoms with Crippen LogP contribution in [0.5, 0.6) is 0 Å². The van der Waals surface area contributed by atoms with Crippen LogP contribution in [-0.2, 0) is 18.4 Å². The van der Waals surface area contributed by atoms with Crippen LogP contribution in [0.2, 0.25) is 0 Å². The van der Waals surface area contributed by atoms with Crippen molar-refractivity contribution in [2.75, 3.05) is 18.0 Å². The Morgan fingerprint density at radius 3 is 2.50 bits per heavy atom. The Morgan fingerprint density at radius 1 is 1.07 bits per heavy atom. The van der Waals surface area contributed by atoms with Gasteiger partial charge in [-0.2, -0.15) is 5.10 Å². The van der Waals surface area contributed by atoms with Crippen LogP contribution in [0.3, 0.4) is 0 Å². The number of rotatable bonds is 3. The number of carbonyl (C=O) groups is 1. The number of anilines is 1. The molecule has 1 fully saturated rings. The monoisotopic (exact) mass is 378 g/mol. The first-order valence-electron chi connectivity index (χ1n) is 9.64. The zero-order chi connectivity index (χ0) is 20.0. The van der Waals surface area contributed by atoms with Gasteiger partial charge in [0.15, 0.2) is 5.65 Å². The summed E-state index contributed by atoms with van der Waals surface area (Å²) in [6.07, 6.45) is 0. The van der Waals surface area contributed by atoms with Crippen LogP contribution in [0, 0.1) is 20.8 Å². The summed E-state index contributed by atoms with van der Waals surface area (Å²) in [4.78, 5) is 26.4. The molecule has 0 N–H and O–H groups in total. The summed E-state index contributed by atoms with van der Waals surface area (Å²) in [6, 6.07) is 8.08. The second-order valence-electron chi connectivity index (χ2n) is 7.62. The summed E-state index contributed by atoms with van der Waals surface area (Å²) in [6.45, 7) is 9.91. The Balaban J connectivity index is 1.63. The molecule has 0 bridgehead atoms. The Labute approximate surface area is 165 Å². The molecule has 3 aromatic rings. The fourth-order valence-corrected chi connectivity index (χ4v) is 3.92. The van der Waals surface area contributed by atoms with Gasteiger partial charge in [-0.05, 0) is 33.3 Å². The molecule has 7 heteroatoms. The van der Waals surface area contributed by atoms with E-state index in [9.17, 15) is 4.79 Å². The van der Waals surface area contributed by atoms with Gasteiger partial charge in [-0.15, -0.1) is 0 Å². The average molecular weight is 378 g/mol. The third kappa shape index (κ3) is 3.10. The van der Waals surface area contributed by atoms with E-state index < -0.39 is 0 Å². The van der Waals surface area contributed by atoms with E-state index in [1.54, 1.807) is 4.68 Å². The molecule has 0 saturated carbocycles. The van der Waals surface area contributed by atoms with E-state index in [-0.39, 0.29) is 11.9 Å². The second-order valence-corrected chi connectivity index (χ2v) is 7.62. The first kappa shape index (κ1) is 18.4. The fourth-order valence-electron chi connectivity index (χ4n) is 3.92. The van der Waals surface area contributed by atoms with E-state index in [2.05, 4.69) is 46.2 Å². The third-order valence-corrected chi connectivity index (χ3v) is 5.46. The lowest BCUT2D eigenvalue weighted by atomic mass is 10.1. The number of hydrogen-bond acceptors (Lipinski definition) is 5. The molecule has 0 unspecified atom stereocenters. The molecule has 0 aliphatic carbocycles. The van der Waals surface area contributed by atoms with Gasteiger partial charge in [0.2, 0.25) is 5.91 Å². The number of piperazine rings is 1. The molecule has 0 radical (unpaired) electrons. The summed E-state index contributed by atoms with van der Waals surface area (Å²) in [7, 11) is 1.89. The first-order chi connectivity index (χ1) is 13.3. The van der Waals surface area contributed by atoms with E-state index in [0.29, 0.717) is 18.9 Å². The molecule has 1 atom stereocenters. The molecule has 3 heterocycles. The Kier molecular flexibility index (Phi) is 4.53. The van der Waals surface area contributed by atoms with Gasteiger partial charge in [0.05, 0.1) is 11.1 Å². The Hall–Kier alpha value is -2.96. The molecule has 0 spiro atoms. The minimum atomic E-state index is -0.281. The summed E-state index contributed by atoms with van der Waals surface area (Å²) in [5, 5.41) is 5.43. The smallest absolute Gasteiger partial charge is 0.245 e. The maximum absolute atomic E-state index is 13.1. The SMILES string of the molecule is Cc1ccc(CN2CCN(c3nc(C)nc4c3c(C)nn4C)[C@H](C)C2=O)cc1. The maximum Gasteiger partial charge on any atom is 0.245 e. The number of carbonyl (C=O) groups excluding carboxylic acids is 1. The van der Waals surface area contributed by atoms with Crippen LogP contribution in [0.1, 0.15) is 29.6 Å². The topological polar surface area (TPSA) is 67.2 Å². The molecule has 2 aromatic heterocycles. The zero-order valence-corrected chi connectivity index (χ0v) is 17.1. The van der Waals surface area contributed by atoms with Crippen molar-refractivity contribution in [3.05, 3.63) is 46.9 Å². The van der Waals surface area contributed by atoms with E-state index in [1.807, 2.05) is 32.7 Å². The number of aryl methyl sites for hydroxylation is 4. The van der Waals surface area contributed by atoms with Gasteiger partial charge in [-0.3, -0.25) is 9.48 Å². The lowest BCUT2D eigenvalue weighted by Crippen LogP contribution is -2.56. The van der Waals surface area contributed by atoms with Gasteiger partial charge in [0.25, 0.3) is 0 Å². The number of amides is 1. The third-order valence-electron chi connectivity index (χ3n) is 5.46. The molecule has 4 rings (SSSR count). The number of nitrogens with zero attached hydrogens (tertiary/aromatic N) is 6. The number of benzene rings is 1. The van der Waals surface area contributed by atoms with Crippen LogP contribution in [0.4, 0.5) is 5.82 Å². The molecule has 1 saturated heterocycles. The fraction of sp³-hybridized carbons (Fsp3) is 0.429. The van der Waals surface area contributed by atoms with E-state index >= 15 is 0 Å². The largest absolute Gasteiger partial charge is 0.342 e. The van der Waals surface area contributed by atoms with Crippen molar-refractivity contribution in [1.29, 1.82) is 0 Å². The zero-order valence-electron chi connectivity index (χ0n) is 17.1. The lowest BCUT2D eigenvalue weighted by Gasteiger charge is -2.40. The highest BCUT2D eigenvalue weighted by molar-refractivity contribution is 5.94. The summed E-state index contributed by atoms with van der Waals surface area (Å²) in [5.41, 5.74) is 4.07. The highest BCUT2D eigenvalue weighted by atomic mass is 16.2. The van der Waals surface area contributed by atoms with Crippen molar-refractivity contribution >= 4 is 22.8 Å². The normalized spacial score (nSPS) is 17.6. The van der Waals surface area contributed by atoms with Gasteiger partial charge < -0.3 is 9.80 Å². The summed E-state index contributed by atoms with van der Waals surface area (Å²) < 4.78 is 1.78. The molecule has 1 aromatic carbocycles. The number of aromatic nitrogens is 4. The van der Waals surface area contributed by atoms with E-state index in [4.69, 9.17) is 4.98 Å². The molecule has 1 aliphatic rings. The van der Waals surface area contributed by atoms with Gasteiger partial charge in [0.1, 0.15) is 17.7 Å². The Bertz CT molecular complexity index is 1040. The highest BCUT2D eigenvalue weighted by Crippen LogP contribution is 2.30. The quantitative estimate of drug-likeness (QED) is 0.701. The van der Waals surface area contributed by atoms with E-state index in [0.717, 1.165) is 34.7 Å². The van der Waals surface area contributed by atoms with Crippen molar-refractivity contribution in [3.63, 3.8) is 0 Å². The molecule has 7 nitrogen and oxygen atoms in total. The minimum absolute atomic E-state index is 0.123. The van der Waals surface area contributed by atoms with Crippen LogP contribution < -0.4 is 4.90 Å². The lowest BCUT2D eigenvalue weighted by molar-refractivity contribution is -0.134. The first-order valence-corrected chi connectivity index (χ1v) is 9.64.